The normalized spacial score (nSPS) is 19.9. The van der Waals surface area contributed by atoms with Crippen LogP contribution in [0, 0.1) is 5.41 Å². The van der Waals surface area contributed by atoms with Gasteiger partial charge in [-0.1, -0.05) is 0 Å². The minimum atomic E-state index is -0.563. The van der Waals surface area contributed by atoms with Crippen molar-refractivity contribution in [3.63, 3.8) is 0 Å². The fourth-order valence-electron chi connectivity index (χ4n) is 2.09. The summed E-state index contributed by atoms with van der Waals surface area (Å²) >= 11 is 0. The molecule has 0 bridgehead atoms. The van der Waals surface area contributed by atoms with Crippen LogP contribution in [0.5, 0.6) is 0 Å². The van der Waals surface area contributed by atoms with E-state index >= 15 is 0 Å². The van der Waals surface area contributed by atoms with E-state index in [2.05, 4.69) is 17.1 Å². The molecule has 1 heterocycles. The van der Waals surface area contributed by atoms with Crippen molar-refractivity contribution in [3.8, 4) is 0 Å². The summed E-state index contributed by atoms with van der Waals surface area (Å²) in [5.74, 6) is 0.0432. The Balaban J connectivity index is 2.48. The molecule has 3 N–H and O–H groups in total. The molecule has 4 nitrogen and oxygen atoms in total. The molecule has 0 aliphatic carbocycles. The molecule has 0 spiro atoms. The highest BCUT2D eigenvalue weighted by Gasteiger charge is 2.40. The second-order valence-electron chi connectivity index (χ2n) is 6.73. The summed E-state index contributed by atoms with van der Waals surface area (Å²) in [7, 11) is 0. The van der Waals surface area contributed by atoms with Crippen molar-refractivity contribution in [2.24, 2.45) is 11.1 Å². The maximum atomic E-state index is 12.3. The molecule has 18 heavy (non-hydrogen) atoms. The molecule has 1 aliphatic heterocycles. The summed E-state index contributed by atoms with van der Waals surface area (Å²) in [5, 5.41) is 3.09. The van der Waals surface area contributed by atoms with E-state index in [0.717, 1.165) is 19.6 Å². The van der Waals surface area contributed by atoms with E-state index < -0.39 is 11.0 Å². The number of carbonyl (C=O) groups excluding carboxylic acids is 1. The van der Waals surface area contributed by atoms with Gasteiger partial charge in [-0.05, 0) is 60.5 Å². The summed E-state index contributed by atoms with van der Waals surface area (Å²) in [6.07, 6.45) is 2.56. The van der Waals surface area contributed by atoms with Crippen LogP contribution >= 0.6 is 0 Å². The molecule has 4 heteroatoms. The first-order valence-electron chi connectivity index (χ1n) is 6.97. The quantitative estimate of drug-likeness (QED) is 0.779. The van der Waals surface area contributed by atoms with Gasteiger partial charge in [-0.3, -0.25) is 4.79 Å². The molecule has 1 rings (SSSR count). The van der Waals surface area contributed by atoms with Crippen molar-refractivity contribution in [1.29, 1.82) is 0 Å². The first-order chi connectivity index (χ1) is 8.14. The minimum Gasteiger partial charge on any atom is -0.352 e. The third-order valence-corrected chi connectivity index (χ3v) is 4.29. The molecule has 0 aromatic rings. The molecule has 1 aliphatic rings. The van der Waals surface area contributed by atoms with Crippen LogP contribution in [0.3, 0.4) is 0 Å². The predicted molar refractivity (Wildman–Crippen MR) is 75.3 cm³/mol. The van der Waals surface area contributed by atoms with Crippen LogP contribution < -0.4 is 11.1 Å². The average molecular weight is 255 g/mol. The van der Waals surface area contributed by atoms with Gasteiger partial charge in [-0.25, -0.2) is 0 Å². The zero-order valence-corrected chi connectivity index (χ0v) is 12.5. The van der Waals surface area contributed by atoms with E-state index in [1.54, 1.807) is 0 Å². The van der Waals surface area contributed by atoms with E-state index in [4.69, 9.17) is 5.73 Å². The highest BCUT2D eigenvalue weighted by atomic mass is 16.2. The van der Waals surface area contributed by atoms with Gasteiger partial charge >= 0.3 is 0 Å². The highest BCUT2D eigenvalue weighted by molar-refractivity contribution is 5.83. The first kappa shape index (κ1) is 15.4. The van der Waals surface area contributed by atoms with E-state index in [9.17, 15) is 4.79 Å². The maximum Gasteiger partial charge on any atom is 0.227 e. The average Bonchev–Trinajstić information content (AvgIpc) is 2.68. The van der Waals surface area contributed by atoms with Gasteiger partial charge in [0.15, 0.2) is 0 Å². The van der Waals surface area contributed by atoms with Gasteiger partial charge in [0.05, 0.1) is 5.41 Å². The van der Waals surface area contributed by atoms with Crippen LogP contribution in [0.25, 0.3) is 0 Å². The van der Waals surface area contributed by atoms with Crippen molar-refractivity contribution < 1.29 is 4.79 Å². The Morgan fingerprint density at radius 1 is 1.28 bits per heavy atom. The zero-order chi connectivity index (χ0) is 14.0. The summed E-state index contributed by atoms with van der Waals surface area (Å²) in [6, 6.07) is 0.178. The zero-order valence-electron chi connectivity index (χ0n) is 12.5. The number of carbonyl (C=O) groups is 1. The van der Waals surface area contributed by atoms with Crippen molar-refractivity contribution >= 4 is 5.91 Å². The fraction of sp³-hybridized carbons (Fsp3) is 0.929. The van der Waals surface area contributed by atoms with Crippen molar-refractivity contribution in [1.82, 2.24) is 10.2 Å². The highest BCUT2D eigenvalue weighted by Crippen LogP contribution is 2.28. The molecule has 1 fully saturated rings. The molecule has 1 atom stereocenters. The SMILES string of the molecule is CC(CN1CCCC1)NC(=O)C(C)(C)C(C)(C)N. The lowest BCUT2D eigenvalue weighted by Gasteiger charge is -2.38. The molecule has 1 amide bonds. The second kappa shape index (κ2) is 5.57. The van der Waals surface area contributed by atoms with E-state index in [-0.39, 0.29) is 11.9 Å². The number of hydrogen-bond acceptors (Lipinski definition) is 3. The summed E-state index contributed by atoms with van der Waals surface area (Å²) < 4.78 is 0. The van der Waals surface area contributed by atoms with Crippen molar-refractivity contribution in [2.45, 2.75) is 59.0 Å². The first-order valence-corrected chi connectivity index (χ1v) is 6.97. The Kier molecular flexibility index (Phi) is 4.78. The van der Waals surface area contributed by atoms with Crippen LogP contribution in [0.15, 0.2) is 0 Å². The lowest BCUT2D eigenvalue weighted by atomic mass is 9.74. The number of nitrogens with zero attached hydrogens (tertiary/aromatic N) is 1. The number of nitrogens with one attached hydrogen (secondary N) is 1. The smallest absolute Gasteiger partial charge is 0.227 e. The van der Waals surface area contributed by atoms with Crippen molar-refractivity contribution in [2.75, 3.05) is 19.6 Å². The van der Waals surface area contributed by atoms with Gasteiger partial charge < -0.3 is 16.0 Å². The number of nitrogens with two attached hydrogens (primary N) is 1. The minimum absolute atomic E-state index is 0.0432. The molecule has 0 aromatic heterocycles. The van der Waals surface area contributed by atoms with Gasteiger partial charge in [-0.2, -0.15) is 0 Å². The monoisotopic (exact) mass is 255 g/mol. The molecular weight excluding hydrogens is 226 g/mol. The third-order valence-electron chi connectivity index (χ3n) is 4.29. The Hall–Kier alpha value is -0.610. The van der Waals surface area contributed by atoms with E-state index in [0.29, 0.717) is 0 Å². The largest absolute Gasteiger partial charge is 0.352 e. The lowest BCUT2D eigenvalue weighted by Crippen LogP contribution is -2.57. The Morgan fingerprint density at radius 2 is 1.78 bits per heavy atom. The summed E-state index contributed by atoms with van der Waals surface area (Å²) in [5.41, 5.74) is 5.00. The van der Waals surface area contributed by atoms with Crippen LogP contribution in [0.2, 0.25) is 0 Å². The third kappa shape index (κ3) is 3.69. The van der Waals surface area contributed by atoms with E-state index in [1.807, 2.05) is 27.7 Å². The number of hydrogen-bond donors (Lipinski definition) is 2. The molecule has 0 aromatic carbocycles. The standard InChI is InChI=1S/C14H29N3O/c1-11(10-17-8-6-7-9-17)16-12(18)13(2,3)14(4,5)15/h11H,6-10,15H2,1-5H3,(H,16,18). The molecule has 0 radical (unpaired) electrons. The van der Waals surface area contributed by atoms with Gasteiger partial charge in [0.1, 0.15) is 0 Å². The Morgan fingerprint density at radius 3 is 2.22 bits per heavy atom. The van der Waals surface area contributed by atoms with Gasteiger partial charge in [0.25, 0.3) is 0 Å². The molecule has 106 valence electrons. The van der Waals surface area contributed by atoms with E-state index in [1.165, 1.54) is 12.8 Å². The topological polar surface area (TPSA) is 58.4 Å². The predicted octanol–water partition coefficient (Wildman–Crippen LogP) is 1.35. The van der Waals surface area contributed by atoms with Crippen LogP contribution in [-0.2, 0) is 4.79 Å². The fourth-order valence-corrected chi connectivity index (χ4v) is 2.09. The maximum absolute atomic E-state index is 12.3. The number of rotatable bonds is 5. The number of amides is 1. The lowest BCUT2D eigenvalue weighted by molar-refractivity contribution is -0.133. The molecule has 1 saturated heterocycles. The number of likely N-dealkylation sites (tertiary alicyclic amines) is 1. The van der Waals surface area contributed by atoms with Gasteiger partial charge in [0.2, 0.25) is 5.91 Å². The summed E-state index contributed by atoms with van der Waals surface area (Å²) in [6.45, 7) is 12.9. The Bertz CT molecular complexity index is 288. The van der Waals surface area contributed by atoms with Crippen molar-refractivity contribution in [3.05, 3.63) is 0 Å². The van der Waals surface area contributed by atoms with Crippen LogP contribution in [0.4, 0.5) is 0 Å². The van der Waals surface area contributed by atoms with Gasteiger partial charge in [0, 0.05) is 18.1 Å². The molecular formula is C14H29N3O. The van der Waals surface area contributed by atoms with Gasteiger partial charge in [-0.15, -0.1) is 0 Å². The summed E-state index contributed by atoms with van der Waals surface area (Å²) in [4.78, 5) is 14.7. The molecule has 1 unspecified atom stereocenters. The molecule has 0 saturated carbocycles. The van der Waals surface area contributed by atoms with Crippen LogP contribution in [-0.4, -0.2) is 42.0 Å². The second-order valence-corrected chi connectivity index (χ2v) is 6.73. The Labute approximate surface area is 111 Å². The van der Waals surface area contributed by atoms with Crippen LogP contribution in [0.1, 0.15) is 47.5 Å².